The molecule has 0 aliphatic carbocycles. The minimum atomic E-state index is -0.435. The zero-order valence-electron chi connectivity index (χ0n) is 14.3. The van der Waals surface area contributed by atoms with Gasteiger partial charge in [-0.05, 0) is 35.9 Å². The number of carbonyl (C=O) groups is 2. The predicted molar refractivity (Wildman–Crippen MR) is 99.4 cm³/mol. The summed E-state index contributed by atoms with van der Waals surface area (Å²) in [4.78, 5) is 26.2. The van der Waals surface area contributed by atoms with Gasteiger partial charge in [-0.3, -0.25) is 9.59 Å². The molecule has 1 fully saturated rings. The molecular formula is C19H17FN2O4S. The maximum atomic E-state index is 13.3. The second-order valence-corrected chi connectivity index (χ2v) is 7.22. The summed E-state index contributed by atoms with van der Waals surface area (Å²) in [6.07, 6.45) is 0. The highest BCUT2D eigenvalue weighted by Gasteiger charge is 2.34. The van der Waals surface area contributed by atoms with E-state index in [9.17, 15) is 14.0 Å². The molecule has 140 valence electrons. The third-order valence-electron chi connectivity index (χ3n) is 4.24. The second kappa shape index (κ2) is 7.48. The second-order valence-electron chi connectivity index (χ2n) is 6.15. The number of halogens is 1. The average molecular weight is 388 g/mol. The van der Waals surface area contributed by atoms with Crippen LogP contribution in [0.2, 0.25) is 0 Å². The molecule has 1 atom stereocenters. The van der Waals surface area contributed by atoms with Crippen LogP contribution in [0.4, 0.5) is 10.1 Å². The van der Waals surface area contributed by atoms with E-state index in [2.05, 4.69) is 5.32 Å². The van der Waals surface area contributed by atoms with Gasteiger partial charge in [0.15, 0.2) is 11.5 Å². The standard InChI is InChI=1S/C19H17FN2O4S/c20-13-2-1-3-14(9-13)21-17(23)10-22-18(24)11-27-19(22)12-4-5-15-16(8-12)26-7-6-25-15/h1-5,8-9,19H,6-7,10-11H2,(H,21,23). The van der Waals surface area contributed by atoms with Crippen LogP contribution in [0.15, 0.2) is 42.5 Å². The Morgan fingerprint density at radius 2 is 2.00 bits per heavy atom. The van der Waals surface area contributed by atoms with Crippen LogP contribution in [0.3, 0.4) is 0 Å². The van der Waals surface area contributed by atoms with Crippen molar-refractivity contribution in [1.82, 2.24) is 4.90 Å². The van der Waals surface area contributed by atoms with Gasteiger partial charge in [-0.15, -0.1) is 11.8 Å². The van der Waals surface area contributed by atoms with Crippen molar-refractivity contribution in [3.05, 3.63) is 53.8 Å². The first-order chi connectivity index (χ1) is 13.1. The Balaban J connectivity index is 1.49. The number of nitrogens with one attached hydrogen (secondary N) is 1. The molecule has 0 saturated carbocycles. The van der Waals surface area contributed by atoms with E-state index in [4.69, 9.17) is 9.47 Å². The van der Waals surface area contributed by atoms with E-state index in [-0.39, 0.29) is 23.7 Å². The zero-order chi connectivity index (χ0) is 18.8. The van der Waals surface area contributed by atoms with Gasteiger partial charge in [-0.1, -0.05) is 12.1 Å². The number of rotatable bonds is 4. The molecule has 2 aliphatic rings. The van der Waals surface area contributed by atoms with Gasteiger partial charge in [0.1, 0.15) is 30.9 Å². The number of nitrogens with zero attached hydrogens (tertiary/aromatic N) is 1. The molecule has 2 aromatic rings. The molecule has 2 aromatic carbocycles. The molecule has 8 heteroatoms. The Kier molecular flexibility index (Phi) is 4.89. The molecule has 1 N–H and O–H groups in total. The van der Waals surface area contributed by atoms with Crippen molar-refractivity contribution in [2.75, 3.05) is 30.8 Å². The van der Waals surface area contributed by atoms with Crippen molar-refractivity contribution >= 4 is 29.3 Å². The maximum absolute atomic E-state index is 13.3. The first-order valence-electron chi connectivity index (χ1n) is 8.46. The number of hydrogen-bond acceptors (Lipinski definition) is 5. The number of thioether (sulfide) groups is 1. The Morgan fingerprint density at radius 3 is 2.81 bits per heavy atom. The van der Waals surface area contributed by atoms with E-state index in [0.717, 1.165) is 5.56 Å². The molecular weight excluding hydrogens is 371 g/mol. The summed E-state index contributed by atoms with van der Waals surface area (Å²) in [7, 11) is 0. The topological polar surface area (TPSA) is 67.9 Å². The minimum absolute atomic E-state index is 0.110. The molecule has 2 aliphatic heterocycles. The molecule has 2 amide bonds. The molecule has 0 aromatic heterocycles. The lowest BCUT2D eigenvalue weighted by atomic mass is 10.1. The van der Waals surface area contributed by atoms with Crippen LogP contribution < -0.4 is 14.8 Å². The zero-order valence-corrected chi connectivity index (χ0v) is 15.1. The summed E-state index contributed by atoms with van der Waals surface area (Å²) in [6.45, 7) is 0.879. The van der Waals surface area contributed by atoms with Crippen LogP contribution >= 0.6 is 11.8 Å². The highest BCUT2D eigenvalue weighted by Crippen LogP contribution is 2.42. The number of fused-ring (bicyclic) bond motifs is 1. The highest BCUT2D eigenvalue weighted by molar-refractivity contribution is 8.00. The fourth-order valence-electron chi connectivity index (χ4n) is 3.04. The smallest absolute Gasteiger partial charge is 0.244 e. The average Bonchev–Trinajstić information content (AvgIpc) is 3.02. The Labute approximate surface area is 159 Å². The minimum Gasteiger partial charge on any atom is -0.486 e. The van der Waals surface area contributed by atoms with Gasteiger partial charge in [0.2, 0.25) is 11.8 Å². The summed E-state index contributed by atoms with van der Waals surface area (Å²) >= 11 is 1.45. The fraction of sp³-hybridized carbons (Fsp3) is 0.263. The third-order valence-corrected chi connectivity index (χ3v) is 5.50. The van der Waals surface area contributed by atoms with Crippen LogP contribution in [0.5, 0.6) is 11.5 Å². The molecule has 27 heavy (non-hydrogen) atoms. The van der Waals surface area contributed by atoms with Crippen molar-refractivity contribution in [3.63, 3.8) is 0 Å². The Bertz CT molecular complexity index is 892. The number of benzene rings is 2. The van der Waals surface area contributed by atoms with Gasteiger partial charge in [0, 0.05) is 5.69 Å². The van der Waals surface area contributed by atoms with E-state index in [1.807, 2.05) is 18.2 Å². The number of amides is 2. The van der Waals surface area contributed by atoms with Crippen molar-refractivity contribution in [1.29, 1.82) is 0 Å². The van der Waals surface area contributed by atoms with Gasteiger partial charge in [-0.2, -0.15) is 0 Å². The molecule has 0 bridgehead atoms. The van der Waals surface area contributed by atoms with Crippen molar-refractivity contribution in [2.45, 2.75) is 5.37 Å². The molecule has 2 heterocycles. The summed E-state index contributed by atoms with van der Waals surface area (Å²) < 4.78 is 24.4. The number of anilines is 1. The maximum Gasteiger partial charge on any atom is 0.244 e. The molecule has 4 rings (SSSR count). The Morgan fingerprint density at radius 1 is 1.19 bits per heavy atom. The summed E-state index contributed by atoms with van der Waals surface area (Å²) in [5, 5.41) is 2.34. The van der Waals surface area contributed by atoms with Gasteiger partial charge in [-0.25, -0.2) is 4.39 Å². The van der Waals surface area contributed by atoms with Crippen LogP contribution in [0.25, 0.3) is 0 Å². The van der Waals surface area contributed by atoms with Gasteiger partial charge >= 0.3 is 0 Å². The summed E-state index contributed by atoms with van der Waals surface area (Å²) in [5.41, 5.74) is 1.23. The van der Waals surface area contributed by atoms with Crippen molar-refractivity contribution < 1.29 is 23.5 Å². The van der Waals surface area contributed by atoms with Gasteiger partial charge in [0.05, 0.1) is 5.75 Å². The van der Waals surface area contributed by atoms with Gasteiger partial charge < -0.3 is 19.7 Å². The number of carbonyl (C=O) groups excluding carboxylic acids is 2. The SMILES string of the molecule is O=C(CN1C(=O)CSC1c1ccc2c(c1)OCCO2)Nc1cccc(F)c1. The molecule has 1 unspecified atom stereocenters. The van der Waals surface area contributed by atoms with E-state index in [0.29, 0.717) is 36.2 Å². The highest BCUT2D eigenvalue weighted by atomic mass is 32.2. The largest absolute Gasteiger partial charge is 0.486 e. The first kappa shape index (κ1) is 17.7. The normalized spacial score (nSPS) is 18.5. The van der Waals surface area contributed by atoms with E-state index in [1.54, 1.807) is 6.07 Å². The number of ether oxygens (including phenoxy) is 2. The Hall–Kier alpha value is -2.74. The lowest BCUT2D eigenvalue weighted by Gasteiger charge is -2.25. The summed E-state index contributed by atoms with van der Waals surface area (Å²) in [6, 6.07) is 11.2. The van der Waals surface area contributed by atoms with E-state index in [1.165, 1.54) is 34.9 Å². The molecule has 1 saturated heterocycles. The van der Waals surface area contributed by atoms with Crippen molar-refractivity contribution in [3.8, 4) is 11.5 Å². The van der Waals surface area contributed by atoms with Crippen LogP contribution in [0, 0.1) is 5.82 Å². The van der Waals surface area contributed by atoms with E-state index >= 15 is 0 Å². The lowest BCUT2D eigenvalue weighted by Crippen LogP contribution is -2.36. The first-order valence-corrected chi connectivity index (χ1v) is 9.51. The molecule has 0 radical (unpaired) electrons. The van der Waals surface area contributed by atoms with Crippen LogP contribution in [-0.4, -0.2) is 42.2 Å². The van der Waals surface area contributed by atoms with Crippen LogP contribution in [0.1, 0.15) is 10.9 Å². The fourth-order valence-corrected chi connectivity index (χ4v) is 4.21. The molecule has 6 nitrogen and oxygen atoms in total. The van der Waals surface area contributed by atoms with E-state index < -0.39 is 5.82 Å². The lowest BCUT2D eigenvalue weighted by molar-refractivity contribution is -0.132. The quantitative estimate of drug-likeness (QED) is 0.872. The summed E-state index contributed by atoms with van der Waals surface area (Å²) in [5.74, 6) is 0.687. The molecule has 0 spiro atoms. The number of hydrogen-bond donors (Lipinski definition) is 1. The third kappa shape index (κ3) is 3.85. The predicted octanol–water partition coefficient (Wildman–Crippen LogP) is 2.81. The van der Waals surface area contributed by atoms with Crippen LogP contribution in [-0.2, 0) is 9.59 Å². The van der Waals surface area contributed by atoms with Crippen molar-refractivity contribution in [2.24, 2.45) is 0 Å². The van der Waals surface area contributed by atoms with Gasteiger partial charge in [0.25, 0.3) is 0 Å². The monoisotopic (exact) mass is 388 g/mol.